The van der Waals surface area contributed by atoms with Crippen molar-refractivity contribution in [3.63, 3.8) is 0 Å². The van der Waals surface area contributed by atoms with E-state index in [9.17, 15) is 13.2 Å². The number of imidazole rings is 1. The molecule has 1 aromatic carbocycles. The highest BCUT2D eigenvalue weighted by Gasteiger charge is 2.31. The van der Waals surface area contributed by atoms with Gasteiger partial charge in [0.1, 0.15) is 11.6 Å². The standard InChI is InChI=1S/C21H23F3N4O/c1-14-17(13-28-11-4-3-5-18(28)19-25-10-12-27(19)2)26-20(29-14)15-6-8-16(9-7-15)21(22,23)24/h6-10,12,18H,3-5,11,13H2,1-2H3/t18-/m0/s1. The van der Waals surface area contributed by atoms with Gasteiger partial charge in [-0.25, -0.2) is 9.97 Å². The van der Waals surface area contributed by atoms with E-state index in [1.807, 2.05) is 30.9 Å². The van der Waals surface area contributed by atoms with Gasteiger partial charge in [0.2, 0.25) is 5.89 Å². The Kier molecular flexibility index (Phi) is 5.21. The number of halogens is 3. The number of aryl methyl sites for hydroxylation is 2. The van der Waals surface area contributed by atoms with Gasteiger partial charge >= 0.3 is 6.18 Å². The second-order valence-electron chi connectivity index (χ2n) is 7.48. The summed E-state index contributed by atoms with van der Waals surface area (Å²) in [5.74, 6) is 2.06. The molecule has 0 unspecified atom stereocenters. The number of aromatic nitrogens is 3. The van der Waals surface area contributed by atoms with Gasteiger partial charge in [-0.3, -0.25) is 4.90 Å². The number of benzene rings is 1. The van der Waals surface area contributed by atoms with E-state index in [2.05, 4.69) is 14.9 Å². The van der Waals surface area contributed by atoms with Gasteiger partial charge in [0.15, 0.2) is 0 Å². The maximum absolute atomic E-state index is 12.8. The Morgan fingerprint density at radius 2 is 1.93 bits per heavy atom. The van der Waals surface area contributed by atoms with Crippen LogP contribution in [-0.4, -0.2) is 26.0 Å². The lowest BCUT2D eigenvalue weighted by Crippen LogP contribution is -2.34. The minimum absolute atomic E-state index is 0.217. The second-order valence-corrected chi connectivity index (χ2v) is 7.48. The molecule has 1 fully saturated rings. The molecule has 0 aliphatic carbocycles. The summed E-state index contributed by atoms with van der Waals surface area (Å²) in [5, 5.41) is 0. The van der Waals surface area contributed by atoms with Crippen LogP contribution in [0.5, 0.6) is 0 Å². The molecule has 1 aliphatic rings. The van der Waals surface area contributed by atoms with Gasteiger partial charge in [0.05, 0.1) is 17.3 Å². The van der Waals surface area contributed by atoms with Crippen molar-refractivity contribution >= 4 is 0 Å². The molecule has 0 saturated carbocycles. The van der Waals surface area contributed by atoms with Crippen LogP contribution in [0, 0.1) is 6.92 Å². The number of nitrogens with zero attached hydrogens (tertiary/aromatic N) is 4. The van der Waals surface area contributed by atoms with Gasteiger partial charge in [-0.1, -0.05) is 6.42 Å². The van der Waals surface area contributed by atoms with Crippen LogP contribution in [0.25, 0.3) is 11.5 Å². The molecule has 1 atom stereocenters. The fourth-order valence-electron chi connectivity index (χ4n) is 3.86. The highest BCUT2D eigenvalue weighted by molar-refractivity contribution is 5.54. The van der Waals surface area contributed by atoms with Crippen LogP contribution in [0.1, 0.15) is 48.1 Å². The van der Waals surface area contributed by atoms with Crippen molar-refractivity contribution in [1.29, 1.82) is 0 Å². The first kappa shape index (κ1) is 19.7. The monoisotopic (exact) mass is 404 g/mol. The first-order valence-electron chi connectivity index (χ1n) is 9.68. The molecule has 5 nitrogen and oxygen atoms in total. The minimum Gasteiger partial charge on any atom is -0.441 e. The number of likely N-dealkylation sites (tertiary alicyclic amines) is 1. The zero-order chi connectivity index (χ0) is 20.6. The molecule has 3 heterocycles. The number of oxazole rings is 1. The van der Waals surface area contributed by atoms with E-state index < -0.39 is 11.7 Å². The third kappa shape index (κ3) is 4.07. The Morgan fingerprint density at radius 1 is 1.17 bits per heavy atom. The first-order valence-corrected chi connectivity index (χ1v) is 9.68. The Bertz CT molecular complexity index is 975. The average molecular weight is 404 g/mol. The largest absolute Gasteiger partial charge is 0.441 e. The third-order valence-electron chi connectivity index (χ3n) is 5.47. The van der Waals surface area contributed by atoms with Crippen molar-refractivity contribution in [2.45, 2.75) is 44.9 Å². The third-order valence-corrected chi connectivity index (χ3v) is 5.47. The van der Waals surface area contributed by atoms with Crippen molar-refractivity contribution in [3.05, 3.63) is 59.5 Å². The molecule has 1 aliphatic heterocycles. The minimum atomic E-state index is -4.36. The van der Waals surface area contributed by atoms with Crippen LogP contribution in [0.4, 0.5) is 13.2 Å². The summed E-state index contributed by atoms with van der Waals surface area (Å²) in [5.41, 5.74) is 0.656. The summed E-state index contributed by atoms with van der Waals surface area (Å²) >= 11 is 0. The van der Waals surface area contributed by atoms with E-state index in [0.29, 0.717) is 23.8 Å². The van der Waals surface area contributed by atoms with Crippen LogP contribution in [0.3, 0.4) is 0 Å². The molecular formula is C21H23F3N4O. The van der Waals surface area contributed by atoms with E-state index in [-0.39, 0.29) is 6.04 Å². The Balaban J connectivity index is 1.55. The van der Waals surface area contributed by atoms with Gasteiger partial charge in [0.25, 0.3) is 0 Å². The smallest absolute Gasteiger partial charge is 0.416 e. The molecule has 29 heavy (non-hydrogen) atoms. The fraction of sp³-hybridized carbons (Fsp3) is 0.429. The lowest BCUT2D eigenvalue weighted by molar-refractivity contribution is -0.137. The molecule has 8 heteroatoms. The summed E-state index contributed by atoms with van der Waals surface area (Å²) in [6.07, 6.45) is 2.71. The topological polar surface area (TPSA) is 47.1 Å². The summed E-state index contributed by atoms with van der Waals surface area (Å²) in [4.78, 5) is 11.5. The molecule has 0 spiro atoms. The number of rotatable bonds is 4. The van der Waals surface area contributed by atoms with Gasteiger partial charge in [-0.15, -0.1) is 0 Å². The van der Waals surface area contributed by atoms with Gasteiger partial charge in [-0.2, -0.15) is 13.2 Å². The molecular weight excluding hydrogens is 381 g/mol. The molecule has 2 aromatic heterocycles. The average Bonchev–Trinajstić information content (AvgIpc) is 3.27. The molecule has 0 amide bonds. The van der Waals surface area contributed by atoms with E-state index >= 15 is 0 Å². The summed E-state index contributed by atoms with van der Waals surface area (Å²) in [6, 6.07) is 5.12. The molecule has 4 rings (SSSR count). The highest BCUT2D eigenvalue weighted by Crippen LogP contribution is 2.33. The Hall–Kier alpha value is -2.61. The predicted molar refractivity (Wildman–Crippen MR) is 102 cm³/mol. The predicted octanol–water partition coefficient (Wildman–Crippen LogP) is 5.13. The van der Waals surface area contributed by atoms with Crippen molar-refractivity contribution in [3.8, 4) is 11.5 Å². The normalized spacial score (nSPS) is 18.3. The summed E-state index contributed by atoms with van der Waals surface area (Å²) < 4.78 is 46.2. The van der Waals surface area contributed by atoms with Crippen LogP contribution in [0.2, 0.25) is 0 Å². The van der Waals surface area contributed by atoms with Gasteiger partial charge in [-0.05, 0) is 50.6 Å². The second kappa shape index (κ2) is 7.67. The molecule has 0 N–H and O–H groups in total. The van der Waals surface area contributed by atoms with Crippen LogP contribution in [0.15, 0.2) is 41.1 Å². The van der Waals surface area contributed by atoms with E-state index in [1.54, 1.807) is 0 Å². The van der Waals surface area contributed by atoms with Crippen molar-refractivity contribution in [2.24, 2.45) is 7.05 Å². The van der Waals surface area contributed by atoms with Crippen molar-refractivity contribution in [1.82, 2.24) is 19.4 Å². The SMILES string of the molecule is Cc1oc(-c2ccc(C(F)(F)F)cc2)nc1CN1CCCC[C@H]1c1nccn1C. The number of hydrogen-bond donors (Lipinski definition) is 0. The fourth-order valence-corrected chi connectivity index (χ4v) is 3.86. The zero-order valence-corrected chi connectivity index (χ0v) is 16.4. The number of piperidine rings is 1. The summed E-state index contributed by atoms with van der Waals surface area (Å²) in [7, 11) is 2.00. The molecule has 0 radical (unpaired) electrons. The van der Waals surface area contributed by atoms with Crippen LogP contribution < -0.4 is 0 Å². The van der Waals surface area contributed by atoms with E-state index in [0.717, 1.165) is 49.5 Å². The van der Waals surface area contributed by atoms with Crippen LogP contribution in [-0.2, 0) is 19.8 Å². The van der Waals surface area contributed by atoms with E-state index in [1.165, 1.54) is 12.1 Å². The van der Waals surface area contributed by atoms with Gasteiger partial charge in [0, 0.05) is 31.5 Å². The summed E-state index contributed by atoms with van der Waals surface area (Å²) in [6.45, 7) is 3.41. The number of hydrogen-bond acceptors (Lipinski definition) is 4. The number of alkyl halides is 3. The molecule has 1 saturated heterocycles. The van der Waals surface area contributed by atoms with Crippen molar-refractivity contribution in [2.75, 3.05) is 6.54 Å². The first-order chi connectivity index (χ1) is 13.8. The lowest BCUT2D eigenvalue weighted by atomic mass is 10.0. The lowest BCUT2D eigenvalue weighted by Gasteiger charge is -2.34. The molecule has 3 aromatic rings. The highest BCUT2D eigenvalue weighted by atomic mass is 19.4. The molecule has 154 valence electrons. The van der Waals surface area contributed by atoms with Gasteiger partial charge < -0.3 is 8.98 Å². The van der Waals surface area contributed by atoms with E-state index in [4.69, 9.17) is 4.42 Å². The van der Waals surface area contributed by atoms with Crippen LogP contribution >= 0.6 is 0 Å². The maximum atomic E-state index is 12.8. The Morgan fingerprint density at radius 3 is 2.59 bits per heavy atom. The zero-order valence-electron chi connectivity index (χ0n) is 16.4. The Labute approximate surface area is 167 Å². The maximum Gasteiger partial charge on any atom is 0.416 e. The molecule has 0 bridgehead atoms. The van der Waals surface area contributed by atoms with Crippen molar-refractivity contribution < 1.29 is 17.6 Å². The quantitative estimate of drug-likeness (QED) is 0.605.